The van der Waals surface area contributed by atoms with Crippen LogP contribution < -0.4 is 15.4 Å². The molecular formula is C17H28N4O3. The molecule has 2 N–H and O–H groups in total. The zero-order valence-corrected chi connectivity index (χ0v) is 14.7. The lowest BCUT2D eigenvalue weighted by molar-refractivity contribution is 0.00719. The Morgan fingerprint density at radius 3 is 2.79 bits per heavy atom. The quantitative estimate of drug-likeness (QED) is 0.784. The number of urea groups is 1. The number of carbonyl (C=O) groups excluding carboxylic acids is 1. The van der Waals surface area contributed by atoms with E-state index in [1.165, 1.54) is 0 Å². The van der Waals surface area contributed by atoms with Crippen LogP contribution in [0.4, 0.5) is 4.79 Å². The van der Waals surface area contributed by atoms with Crippen molar-refractivity contribution in [2.45, 2.75) is 26.4 Å². The molecule has 7 nitrogen and oxygen atoms in total. The molecule has 24 heavy (non-hydrogen) atoms. The predicted octanol–water partition coefficient (Wildman–Crippen LogP) is 1.25. The van der Waals surface area contributed by atoms with Crippen LogP contribution >= 0.6 is 0 Å². The van der Waals surface area contributed by atoms with Crippen molar-refractivity contribution in [2.75, 3.05) is 40.0 Å². The van der Waals surface area contributed by atoms with E-state index in [-0.39, 0.29) is 6.03 Å². The van der Waals surface area contributed by atoms with Gasteiger partial charge in [0.1, 0.15) is 0 Å². The summed E-state index contributed by atoms with van der Waals surface area (Å²) in [7, 11) is 1.57. The number of morpholine rings is 1. The van der Waals surface area contributed by atoms with Gasteiger partial charge in [-0.25, -0.2) is 9.78 Å². The largest absolute Gasteiger partial charge is 0.481 e. The molecule has 2 rings (SSSR count). The Morgan fingerprint density at radius 2 is 2.12 bits per heavy atom. The molecule has 1 fully saturated rings. The number of nitrogens with one attached hydrogen (secondary N) is 2. The van der Waals surface area contributed by atoms with Crippen LogP contribution in [0.15, 0.2) is 18.3 Å². The van der Waals surface area contributed by atoms with E-state index in [1.807, 2.05) is 12.1 Å². The minimum atomic E-state index is -0.181. The summed E-state index contributed by atoms with van der Waals surface area (Å²) in [5.41, 5.74) is 0.851. The molecule has 134 valence electrons. The molecule has 7 heteroatoms. The first-order valence-corrected chi connectivity index (χ1v) is 8.43. The van der Waals surface area contributed by atoms with Crippen molar-refractivity contribution < 1.29 is 14.3 Å². The SMILES string of the molecule is COc1ncccc1CNC(=O)NC[C@H](C(C)C)N1CCOCC1. The molecule has 0 unspecified atom stereocenters. The van der Waals surface area contributed by atoms with Crippen LogP contribution in [-0.4, -0.2) is 61.9 Å². The van der Waals surface area contributed by atoms with Crippen molar-refractivity contribution in [1.82, 2.24) is 20.5 Å². The Bertz CT molecular complexity index is 518. The lowest BCUT2D eigenvalue weighted by atomic mass is 10.0. The van der Waals surface area contributed by atoms with E-state index < -0.39 is 0 Å². The van der Waals surface area contributed by atoms with Gasteiger partial charge in [-0.1, -0.05) is 19.9 Å². The average molecular weight is 336 g/mol. The number of carbonyl (C=O) groups is 1. The number of amides is 2. The number of aromatic nitrogens is 1. The van der Waals surface area contributed by atoms with E-state index in [4.69, 9.17) is 9.47 Å². The highest BCUT2D eigenvalue weighted by molar-refractivity contribution is 5.73. The Balaban J connectivity index is 1.80. The molecule has 1 atom stereocenters. The van der Waals surface area contributed by atoms with Crippen LogP contribution in [-0.2, 0) is 11.3 Å². The van der Waals surface area contributed by atoms with E-state index in [2.05, 4.69) is 34.4 Å². The highest BCUT2D eigenvalue weighted by Gasteiger charge is 2.24. The molecule has 1 aliphatic heterocycles. The van der Waals surface area contributed by atoms with Gasteiger partial charge in [-0.15, -0.1) is 0 Å². The second-order valence-electron chi connectivity index (χ2n) is 6.20. The lowest BCUT2D eigenvalue weighted by Gasteiger charge is -2.36. The number of hydrogen-bond donors (Lipinski definition) is 2. The van der Waals surface area contributed by atoms with Crippen LogP contribution in [0.3, 0.4) is 0 Å². The third-order valence-electron chi connectivity index (χ3n) is 4.24. The fourth-order valence-corrected chi connectivity index (χ4v) is 2.87. The molecule has 0 bridgehead atoms. The normalized spacial score (nSPS) is 16.7. The summed E-state index contributed by atoms with van der Waals surface area (Å²) in [4.78, 5) is 18.6. The number of pyridine rings is 1. The summed E-state index contributed by atoms with van der Waals surface area (Å²) >= 11 is 0. The first-order chi connectivity index (χ1) is 11.6. The highest BCUT2D eigenvalue weighted by Crippen LogP contribution is 2.13. The van der Waals surface area contributed by atoms with Gasteiger partial charge in [-0.05, 0) is 12.0 Å². The zero-order valence-electron chi connectivity index (χ0n) is 14.7. The van der Waals surface area contributed by atoms with E-state index in [9.17, 15) is 4.79 Å². The van der Waals surface area contributed by atoms with Crippen molar-refractivity contribution >= 4 is 6.03 Å². The van der Waals surface area contributed by atoms with Gasteiger partial charge in [0.25, 0.3) is 0 Å². The first-order valence-electron chi connectivity index (χ1n) is 8.43. The van der Waals surface area contributed by atoms with Gasteiger partial charge in [-0.3, -0.25) is 4.90 Å². The Kier molecular flexibility index (Phi) is 7.27. The summed E-state index contributed by atoms with van der Waals surface area (Å²) in [5.74, 6) is 0.994. The smallest absolute Gasteiger partial charge is 0.315 e. The maximum Gasteiger partial charge on any atom is 0.315 e. The topological polar surface area (TPSA) is 75.7 Å². The van der Waals surface area contributed by atoms with Crippen molar-refractivity contribution in [1.29, 1.82) is 0 Å². The fourth-order valence-electron chi connectivity index (χ4n) is 2.87. The molecule has 1 aliphatic rings. The molecule has 1 aromatic heterocycles. The van der Waals surface area contributed by atoms with E-state index >= 15 is 0 Å². The average Bonchev–Trinajstić information content (AvgIpc) is 2.61. The van der Waals surface area contributed by atoms with Gasteiger partial charge in [0.15, 0.2) is 0 Å². The second kappa shape index (κ2) is 9.44. The highest BCUT2D eigenvalue weighted by atomic mass is 16.5. The summed E-state index contributed by atoms with van der Waals surface area (Å²) in [6.07, 6.45) is 1.66. The van der Waals surface area contributed by atoms with Crippen molar-refractivity contribution in [2.24, 2.45) is 5.92 Å². The third kappa shape index (κ3) is 5.35. The van der Waals surface area contributed by atoms with Gasteiger partial charge in [-0.2, -0.15) is 0 Å². The summed E-state index contributed by atoms with van der Waals surface area (Å²) in [6.45, 7) is 8.71. The van der Waals surface area contributed by atoms with Crippen LogP contribution in [0.5, 0.6) is 5.88 Å². The fraction of sp³-hybridized carbons (Fsp3) is 0.647. The second-order valence-corrected chi connectivity index (χ2v) is 6.20. The van der Waals surface area contributed by atoms with E-state index in [0.717, 1.165) is 31.9 Å². The summed E-state index contributed by atoms with van der Waals surface area (Å²) in [5, 5.41) is 5.83. The molecule has 0 aromatic carbocycles. The molecule has 1 aromatic rings. The molecular weight excluding hydrogens is 308 g/mol. The zero-order chi connectivity index (χ0) is 17.4. The minimum absolute atomic E-state index is 0.181. The van der Waals surface area contributed by atoms with Crippen LogP contribution in [0.1, 0.15) is 19.4 Å². The Morgan fingerprint density at radius 1 is 1.38 bits per heavy atom. The summed E-state index contributed by atoms with van der Waals surface area (Å²) in [6, 6.07) is 3.84. The van der Waals surface area contributed by atoms with Crippen LogP contribution in [0.2, 0.25) is 0 Å². The van der Waals surface area contributed by atoms with E-state index in [0.29, 0.717) is 30.9 Å². The predicted molar refractivity (Wildman–Crippen MR) is 92.0 cm³/mol. The molecule has 0 aliphatic carbocycles. The number of methoxy groups -OCH3 is 1. The molecule has 0 spiro atoms. The van der Waals surface area contributed by atoms with Crippen LogP contribution in [0, 0.1) is 5.92 Å². The molecule has 0 saturated carbocycles. The lowest BCUT2D eigenvalue weighted by Crippen LogP contribution is -2.52. The van der Waals surface area contributed by atoms with Crippen LogP contribution in [0.25, 0.3) is 0 Å². The number of hydrogen-bond acceptors (Lipinski definition) is 5. The van der Waals surface area contributed by atoms with Crippen molar-refractivity contribution in [3.8, 4) is 5.88 Å². The van der Waals surface area contributed by atoms with Gasteiger partial charge in [0.05, 0.1) is 20.3 Å². The van der Waals surface area contributed by atoms with Gasteiger partial charge < -0.3 is 20.1 Å². The number of nitrogens with zero attached hydrogens (tertiary/aromatic N) is 2. The third-order valence-corrected chi connectivity index (χ3v) is 4.24. The monoisotopic (exact) mass is 336 g/mol. The van der Waals surface area contributed by atoms with Crippen molar-refractivity contribution in [3.63, 3.8) is 0 Å². The Hall–Kier alpha value is -1.86. The Labute approximate surface area is 143 Å². The first kappa shape index (κ1) is 18.5. The van der Waals surface area contributed by atoms with Gasteiger partial charge in [0, 0.05) is 44.0 Å². The maximum absolute atomic E-state index is 12.1. The van der Waals surface area contributed by atoms with E-state index in [1.54, 1.807) is 13.3 Å². The molecule has 2 heterocycles. The van der Waals surface area contributed by atoms with Gasteiger partial charge >= 0.3 is 6.03 Å². The minimum Gasteiger partial charge on any atom is -0.481 e. The molecule has 2 amide bonds. The molecule has 1 saturated heterocycles. The standard InChI is InChI=1S/C17H28N4O3/c1-13(2)15(21-7-9-24-10-8-21)12-20-17(22)19-11-14-5-4-6-18-16(14)23-3/h4-6,13,15H,7-12H2,1-3H3,(H2,19,20,22)/t15-/m1/s1. The number of rotatable bonds is 7. The van der Waals surface area contributed by atoms with Crippen molar-refractivity contribution in [3.05, 3.63) is 23.9 Å². The maximum atomic E-state index is 12.1. The summed E-state index contributed by atoms with van der Waals surface area (Å²) < 4.78 is 10.6. The van der Waals surface area contributed by atoms with Gasteiger partial charge in [0.2, 0.25) is 5.88 Å². The molecule has 0 radical (unpaired) electrons. The number of ether oxygens (including phenoxy) is 2.